The van der Waals surface area contributed by atoms with E-state index in [1.165, 1.54) is 31.5 Å². The smallest absolute Gasteiger partial charge is 0.290 e. The highest BCUT2D eigenvalue weighted by Gasteiger charge is 2.39. The number of carboxylic acid groups (broad SMARTS) is 2. The number of ether oxygens (including phenoxy) is 1. The van der Waals surface area contributed by atoms with Crippen LogP contribution in [0.5, 0.6) is 5.75 Å². The number of carbonyl (C=O) groups is 2. The van der Waals surface area contributed by atoms with E-state index in [0.717, 1.165) is 57.9 Å². The first-order valence-corrected chi connectivity index (χ1v) is 11.8. The molecule has 2 bridgehead atoms. The van der Waals surface area contributed by atoms with E-state index >= 15 is 0 Å². The van der Waals surface area contributed by atoms with Crippen molar-refractivity contribution in [3.63, 3.8) is 0 Å². The summed E-state index contributed by atoms with van der Waals surface area (Å²) < 4.78 is 5.97. The topological polar surface area (TPSA) is 114 Å². The third kappa shape index (κ3) is 8.92. The molecule has 0 amide bonds. The number of likely N-dealkylation sites (N-methyl/N-ethyl adjacent to an activating group) is 1. The summed E-state index contributed by atoms with van der Waals surface area (Å²) in [6, 6.07) is 9.79. The first-order chi connectivity index (χ1) is 16.0. The van der Waals surface area contributed by atoms with Crippen LogP contribution in [-0.2, 0) is 16.1 Å². The number of aliphatic hydroxyl groups is 1. The summed E-state index contributed by atoms with van der Waals surface area (Å²) in [6.45, 7) is 10.4. The molecule has 3 atom stereocenters. The molecular weight excluding hydrogens is 426 g/mol. The maximum atomic E-state index is 9.96. The Bertz CT molecular complexity index is 661. The Balaban J connectivity index is 0.000000582. The monoisotopic (exact) mass is 465 g/mol. The Labute approximate surface area is 196 Å². The summed E-state index contributed by atoms with van der Waals surface area (Å²) in [7, 11) is 0. The van der Waals surface area contributed by atoms with Gasteiger partial charge < -0.3 is 25.0 Å². The van der Waals surface area contributed by atoms with Crippen molar-refractivity contribution < 1.29 is 29.6 Å². The van der Waals surface area contributed by atoms with Gasteiger partial charge in [0.1, 0.15) is 12.4 Å². The minimum atomic E-state index is -0.250. The van der Waals surface area contributed by atoms with Crippen LogP contribution in [0.4, 0.5) is 0 Å². The minimum Gasteiger partial charge on any atom is -0.492 e. The highest BCUT2D eigenvalue weighted by molar-refractivity contribution is 5.33. The summed E-state index contributed by atoms with van der Waals surface area (Å²) >= 11 is 0. The van der Waals surface area contributed by atoms with E-state index in [2.05, 4.69) is 45.9 Å². The van der Waals surface area contributed by atoms with E-state index < -0.39 is 0 Å². The van der Waals surface area contributed by atoms with Crippen molar-refractivity contribution in [3.05, 3.63) is 29.8 Å². The lowest BCUT2D eigenvalue weighted by Gasteiger charge is -2.37. The predicted molar refractivity (Wildman–Crippen MR) is 125 cm³/mol. The molecule has 9 nitrogen and oxygen atoms in total. The summed E-state index contributed by atoms with van der Waals surface area (Å²) in [6.07, 6.45) is 4.30. The second-order valence-corrected chi connectivity index (χ2v) is 8.66. The molecule has 0 saturated carbocycles. The van der Waals surface area contributed by atoms with Crippen LogP contribution in [0.25, 0.3) is 0 Å². The number of piperazine rings is 1. The summed E-state index contributed by atoms with van der Waals surface area (Å²) in [5.74, 6) is 0.975. The fourth-order valence-corrected chi connectivity index (χ4v) is 5.03. The lowest BCUT2D eigenvalue weighted by molar-refractivity contribution is -0.123. The molecule has 186 valence electrons. The molecular formula is C24H39N3O6. The van der Waals surface area contributed by atoms with Gasteiger partial charge in [0.15, 0.2) is 0 Å². The van der Waals surface area contributed by atoms with Crippen LogP contribution < -0.4 is 4.74 Å². The number of benzene rings is 1. The van der Waals surface area contributed by atoms with Gasteiger partial charge in [-0.05, 0) is 49.9 Å². The highest BCUT2D eigenvalue weighted by Crippen LogP contribution is 2.36. The van der Waals surface area contributed by atoms with Crippen molar-refractivity contribution in [3.8, 4) is 5.75 Å². The van der Waals surface area contributed by atoms with Gasteiger partial charge in [-0.1, -0.05) is 19.1 Å². The van der Waals surface area contributed by atoms with Crippen molar-refractivity contribution in [1.29, 1.82) is 0 Å². The van der Waals surface area contributed by atoms with E-state index in [1.807, 2.05) is 0 Å². The molecule has 0 aromatic heterocycles. The van der Waals surface area contributed by atoms with E-state index in [-0.39, 0.29) is 19.0 Å². The predicted octanol–water partition coefficient (Wildman–Crippen LogP) is 1.59. The van der Waals surface area contributed by atoms with Crippen LogP contribution in [0.2, 0.25) is 0 Å². The van der Waals surface area contributed by atoms with Gasteiger partial charge in [-0.25, -0.2) is 0 Å². The molecule has 3 heterocycles. The van der Waals surface area contributed by atoms with Crippen LogP contribution in [0.3, 0.4) is 0 Å². The van der Waals surface area contributed by atoms with Crippen molar-refractivity contribution in [1.82, 2.24) is 14.7 Å². The van der Waals surface area contributed by atoms with Gasteiger partial charge in [-0.15, -0.1) is 0 Å². The van der Waals surface area contributed by atoms with Gasteiger partial charge in [-0.2, -0.15) is 0 Å². The number of fused-ring (bicyclic) bond motifs is 2. The molecule has 1 aromatic rings. The van der Waals surface area contributed by atoms with Crippen molar-refractivity contribution in [2.45, 2.75) is 57.3 Å². The zero-order chi connectivity index (χ0) is 24.1. The molecule has 3 aliphatic rings. The normalized spacial score (nSPS) is 25.2. The molecule has 1 unspecified atom stereocenters. The number of piperidine rings is 1. The number of rotatable bonds is 7. The SMILES string of the molecule is CCN1CCN(CCOc2ccc(CN3[C@@H]4CC[C@H]3CC(O)C4)cc2)CC1.O=CO.O=CO. The summed E-state index contributed by atoms with van der Waals surface area (Å²) in [5, 5.41) is 23.7. The average Bonchev–Trinajstić information content (AvgIpc) is 3.04. The van der Waals surface area contributed by atoms with Gasteiger partial charge in [0.25, 0.3) is 12.9 Å². The highest BCUT2D eigenvalue weighted by atomic mass is 16.5. The third-order valence-electron chi connectivity index (χ3n) is 6.74. The molecule has 3 N–H and O–H groups in total. The van der Waals surface area contributed by atoms with Gasteiger partial charge in [0.05, 0.1) is 6.10 Å². The standard InChI is InChI=1S/C22H35N3O2.2CH2O2/c1-2-23-9-11-24(12-10-23)13-14-27-22-7-3-18(4-8-22)17-25-19-5-6-20(25)16-21(26)15-19;2*2-1-3/h3-4,7-8,19-21,26H,2,5-6,9-17H2,1H3;2*1H,(H,2,3)/t19-,20+,21?;;. The zero-order valence-corrected chi connectivity index (χ0v) is 19.6. The second-order valence-electron chi connectivity index (χ2n) is 8.66. The maximum Gasteiger partial charge on any atom is 0.290 e. The summed E-state index contributed by atoms with van der Waals surface area (Å²) in [4.78, 5) is 24.3. The maximum absolute atomic E-state index is 9.96. The van der Waals surface area contributed by atoms with E-state index in [9.17, 15) is 5.11 Å². The Kier molecular flexibility index (Phi) is 12.2. The Morgan fingerprint density at radius 2 is 1.45 bits per heavy atom. The second kappa shape index (κ2) is 14.8. The molecule has 3 saturated heterocycles. The molecule has 0 radical (unpaired) electrons. The molecule has 3 fully saturated rings. The van der Waals surface area contributed by atoms with Crippen LogP contribution in [0.1, 0.15) is 38.2 Å². The van der Waals surface area contributed by atoms with Gasteiger partial charge in [-0.3, -0.25) is 19.4 Å². The molecule has 33 heavy (non-hydrogen) atoms. The number of nitrogens with zero attached hydrogens (tertiary/aromatic N) is 3. The van der Waals surface area contributed by atoms with Crippen LogP contribution in [0, 0.1) is 0 Å². The van der Waals surface area contributed by atoms with Crippen molar-refractivity contribution >= 4 is 12.9 Å². The number of hydrogen-bond donors (Lipinski definition) is 3. The van der Waals surface area contributed by atoms with E-state index in [0.29, 0.717) is 12.1 Å². The fraction of sp³-hybridized carbons (Fsp3) is 0.667. The lowest BCUT2D eigenvalue weighted by atomic mass is 9.99. The first kappa shape index (κ1) is 27.0. The van der Waals surface area contributed by atoms with Crippen LogP contribution in [0.15, 0.2) is 24.3 Å². The van der Waals surface area contributed by atoms with Crippen LogP contribution in [-0.4, -0.2) is 107 Å². The molecule has 0 aliphatic carbocycles. The van der Waals surface area contributed by atoms with E-state index in [4.69, 9.17) is 24.5 Å². The zero-order valence-electron chi connectivity index (χ0n) is 19.6. The summed E-state index contributed by atoms with van der Waals surface area (Å²) in [5.41, 5.74) is 1.35. The lowest BCUT2D eigenvalue weighted by Crippen LogP contribution is -2.47. The van der Waals surface area contributed by atoms with Gasteiger partial charge >= 0.3 is 0 Å². The average molecular weight is 466 g/mol. The third-order valence-corrected chi connectivity index (χ3v) is 6.74. The Morgan fingerprint density at radius 3 is 1.97 bits per heavy atom. The molecule has 9 heteroatoms. The first-order valence-electron chi connectivity index (χ1n) is 11.8. The minimum absolute atomic E-state index is 0.0838. The quantitative estimate of drug-likeness (QED) is 0.517. The molecule has 3 aliphatic heterocycles. The Morgan fingerprint density at radius 1 is 0.939 bits per heavy atom. The Hall–Kier alpha value is -2.20. The van der Waals surface area contributed by atoms with E-state index in [1.54, 1.807) is 0 Å². The van der Waals surface area contributed by atoms with Gasteiger partial charge in [0, 0.05) is 51.4 Å². The fourth-order valence-electron chi connectivity index (χ4n) is 5.03. The number of aliphatic hydroxyl groups excluding tert-OH is 1. The van der Waals surface area contributed by atoms with Gasteiger partial charge in [0.2, 0.25) is 0 Å². The number of hydrogen-bond acceptors (Lipinski definition) is 7. The molecule has 0 spiro atoms. The molecule has 4 rings (SSSR count). The largest absolute Gasteiger partial charge is 0.492 e. The van der Waals surface area contributed by atoms with Crippen LogP contribution >= 0.6 is 0 Å². The van der Waals surface area contributed by atoms with Crippen molar-refractivity contribution in [2.24, 2.45) is 0 Å². The van der Waals surface area contributed by atoms with Crippen molar-refractivity contribution in [2.75, 3.05) is 45.9 Å². The molecule has 1 aromatic carbocycles.